The molecular weight excluding hydrogens is 438 g/mol. The molecule has 0 spiro atoms. The van der Waals surface area contributed by atoms with E-state index in [4.69, 9.17) is 0 Å². The molecule has 0 unspecified atom stereocenters. The summed E-state index contributed by atoms with van der Waals surface area (Å²) >= 11 is 0. The van der Waals surface area contributed by atoms with Gasteiger partial charge in [-0.25, -0.2) is 13.3 Å². The van der Waals surface area contributed by atoms with Crippen molar-refractivity contribution in [3.63, 3.8) is 0 Å². The average Bonchev–Trinajstić information content (AvgIpc) is 3.07. The van der Waals surface area contributed by atoms with E-state index in [1.807, 2.05) is 58.9 Å². The molecule has 0 saturated carbocycles. The third kappa shape index (κ3) is 4.00. The maximum absolute atomic E-state index is 13.5. The number of aryl methyl sites for hydroxylation is 3. The van der Waals surface area contributed by atoms with E-state index < -0.39 is 16.1 Å². The van der Waals surface area contributed by atoms with Gasteiger partial charge in [0.2, 0.25) is 15.9 Å². The minimum Gasteiger partial charge on any atom is -0.322 e. The lowest BCUT2D eigenvalue weighted by Gasteiger charge is -2.34. The third-order valence-electron chi connectivity index (χ3n) is 7.26. The predicted octanol–water partition coefficient (Wildman–Crippen LogP) is 1.45. The third-order valence-corrected chi connectivity index (χ3v) is 9.43. The van der Waals surface area contributed by atoms with Gasteiger partial charge in [-0.3, -0.25) is 9.59 Å². The number of benzene rings is 2. The second-order valence-electron chi connectivity index (χ2n) is 9.26. The number of rotatable bonds is 4. The minimum absolute atomic E-state index is 0.157. The average molecular weight is 471 g/mol. The number of carbonyl (C=O) groups is 2. The molecule has 2 saturated heterocycles. The van der Waals surface area contributed by atoms with Gasteiger partial charge in [-0.15, -0.1) is 0 Å². The second kappa shape index (κ2) is 8.66. The minimum atomic E-state index is -3.64. The highest BCUT2D eigenvalue weighted by Gasteiger charge is 2.47. The summed E-state index contributed by atoms with van der Waals surface area (Å²) in [5, 5.41) is 0. The first-order valence-corrected chi connectivity index (χ1v) is 12.8. The number of piperazine rings is 1. The smallest absolute Gasteiger partial charge is 0.292 e. The number of hydrogen-bond donors (Lipinski definition) is 1. The van der Waals surface area contributed by atoms with E-state index in [9.17, 15) is 18.0 Å². The lowest BCUT2D eigenvalue weighted by atomic mass is 10.0. The van der Waals surface area contributed by atoms with Crippen LogP contribution in [0.4, 0.5) is 5.69 Å². The van der Waals surface area contributed by atoms with Crippen molar-refractivity contribution in [2.75, 3.05) is 31.1 Å². The fourth-order valence-electron chi connectivity index (χ4n) is 5.08. The van der Waals surface area contributed by atoms with E-state index in [-0.39, 0.29) is 18.2 Å². The molecule has 2 aromatic carbocycles. The second-order valence-corrected chi connectivity index (χ2v) is 11.1. The Morgan fingerprint density at radius 1 is 0.879 bits per heavy atom. The highest BCUT2D eigenvalue weighted by atomic mass is 32.2. The molecule has 2 aliphatic rings. The number of amides is 2. The summed E-state index contributed by atoms with van der Waals surface area (Å²) in [6, 6.07) is 8.94. The largest absolute Gasteiger partial charge is 0.322 e. The molecule has 2 aromatic rings. The number of sulfonamides is 1. The molecule has 8 heteroatoms. The van der Waals surface area contributed by atoms with E-state index >= 15 is 0 Å². The molecule has 2 heterocycles. The number of nitrogens with zero attached hydrogens (tertiary/aromatic N) is 2. The van der Waals surface area contributed by atoms with E-state index in [1.165, 1.54) is 9.21 Å². The van der Waals surface area contributed by atoms with Gasteiger partial charge in [-0.1, -0.05) is 24.3 Å². The van der Waals surface area contributed by atoms with Crippen LogP contribution < -0.4 is 9.80 Å². The molecule has 2 amide bonds. The highest BCUT2D eigenvalue weighted by molar-refractivity contribution is 7.89. The van der Waals surface area contributed by atoms with E-state index in [0.29, 0.717) is 36.8 Å². The quantitative estimate of drug-likeness (QED) is 0.686. The van der Waals surface area contributed by atoms with Crippen LogP contribution in [0.25, 0.3) is 0 Å². The first kappa shape index (κ1) is 23.6. The van der Waals surface area contributed by atoms with Crippen molar-refractivity contribution >= 4 is 27.5 Å². The van der Waals surface area contributed by atoms with Crippen LogP contribution in [0.5, 0.6) is 0 Å². The SMILES string of the molecule is Cc1ccccc1N1C(=O)C[C@@H]([NH+]2CCN(S(=O)(=O)c3c(C)c(C)cc(C)c3C)CC2)C1=O. The summed E-state index contributed by atoms with van der Waals surface area (Å²) < 4.78 is 28.6. The van der Waals surface area contributed by atoms with Gasteiger partial charge in [0.05, 0.1) is 43.2 Å². The van der Waals surface area contributed by atoms with Crippen molar-refractivity contribution in [1.82, 2.24) is 4.31 Å². The molecular formula is C25H32N3O4S+. The summed E-state index contributed by atoms with van der Waals surface area (Å²) in [6.07, 6.45) is 0.157. The standard InChI is InChI=1S/C25H31N3O4S/c1-16-8-6-7-9-21(16)28-23(29)15-22(25(28)30)26-10-12-27(13-11-26)33(31,32)24-19(4)17(2)14-18(3)20(24)5/h6-9,14,22H,10-13,15H2,1-5H3/p+1/t22-/m1/s1. The monoisotopic (exact) mass is 470 g/mol. The van der Waals surface area contributed by atoms with Crippen molar-refractivity contribution in [3.8, 4) is 0 Å². The molecule has 0 aliphatic carbocycles. The summed E-state index contributed by atoms with van der Waals surface area (Å²) in [4.78, 5) is 28.6. The van der Waals surface area contributed by atoms with Gasteiger partial charge < -0.3 is 4.90 Å². The van der Waals surface area contributed by atoms with Gasteiger partial charge in [0.15, 0.2) is 6.04 Å². The van der Waals surface area contributed by atoms with Crippen molar-refractivity contribution < 1.29 is 22.9 Å². The fraction of sp³-hybridized carbons (Fsp3) is 0.440. The fourth-order valence-corrected chi connectivity index (χ4v) is 7.09. The van der Waals surface area contributed by atoms with Gasteiger partial charge >= 0.3 is 0 Å². The lowest BCUT2D eigenvalue weighted by molar-refractivity contribution is -0.918. The number of anilines is 1. The van der Waals surface area contributed by atoms with Crippen LogP contribution in [-0.2, 0) is 19.6 Å². The maximum Gasteiger partial charge on any atom is 0.292 e. The normalized spacial score (nSPS) is 20.6. The Morgan fingerprint density at radius 2 is 1.45 bits per heavy atom. The Bertz CT molecular complexity index is 1200. The summed E-state index contributed by atoms with van der Waals surface area (Å²) in [6.45, 7) is 11.1. The van der Waals surface area contributed by atoms with Gasteiger partial charge in [-0.2, -0.15) is 4.31 Å². The van der Waals surface area contributed by atoms with Crippen molar-refractivity contribution in [3.05, 3.63) is 58.1 Å². The summed E-state index contributed by atoms with van der Waals surface area (Å²) in [5.41, 5.74) is 5.03. The molecule has 0 aromatic heterocycles. The molecule has 2 fully saturated rings. The van der Waals surface area contributed by atoms with Crippen LogP contribution in [0.2, 0.25) is 0 Å². The van der Waals surface area contributed by atoms with Gasteiger partial charge in [-0.05, 0) is 68.5 Å². The van der Waals surface area contributed by atoms with Crippen LogP contribution in [-0.4, -0.2) is 56.8 Å². The number of para-hydroxylation sites is 1. The molecule has 176 valence electrons. The molecule has 7 nitrogen and oxygen atoms in total. The zero-order valence-electron chi connectivity index (χ0n) is 19.9. The van der Waals surface area contributed by atoms with Crippen molar-refractivity contribution in [1.29, 1.82) is 0 Å². The van der Waals surface area contributed by atoms with Crippen molar-refractivity contribution in [2.45, 2.75) is 52.0 Å². The van der Waals surface area contributed by atoms with Crippen LogP contribution in [0.3, 0.4) is 0 Å². The number of quaternary nitrogens is 1. The Kier molecular flexibility index (Phi) is 6.20. The Morgan fingerprint density at radius 3 is 2.03 bits per heavy atom. The molecule has 2 aliphatic heterocycles. The number of hydrogen-bond acceptors (Lipinski definition) is 4. The number of nitrogens with one attached hydrogen (secondary N) is 1. The molecule has 0 radical (unpaired) electrons. The maximum atomic E-state index is 13.5. The number of carbonyl (C=O) groups excluding carboxylic acids is 2. The zero-order valence-corrected chi connectivity index (χ0v) is 20.8. The van der Waals surface area contributed by atoms with E-state index in [1.54, 1.807) is 6.07 Å². The topological polar surface area (TPSA) is 79.2 Å². The zero-order chi connectivity index (χ0) is 24.1. The van der Waals surface area contributed by atoms with E-state index in [2.05, 4.69) is 0 Å². The van der Waals surface area contributed by atoms with Gasteiger partial charge in [0.25, 0.3) is 5.91 Å². The summed E-state index contributed by atoms with van der Waals surface area (Å²) in [5.74, 6) is -0.384. The van der Waals surface area contributed by atoms with E-state index in [0.717, 1.165) is 32.7 Å². The first-order valence-electron chi connectivity index (χ1n) is 11.4. The Hall–Kier alpha value is -2.55. The Balaban J connectivity index is 1.52. The molecule has 33 heavy (non-hydrogen) atoms. The van der Waals surface area contributed by atoms with Crippen LogP contribution in [0.15, 0.2) is 35.2 Å². The lowest BCUT2D eigenvalue weighted by Crippen LogP contribution is -3.19. The first-order chi connectivity index (χ1) is 15.5. The highest BCUT2D eigenvalue weighted by Crippen LogP contribution is 2.29. The summed E-state index contributed by atoms with van der Waals surface area (Å²) in [7, 11) is -3.64. The van der Waals surface area contributed by atoms with Crippen LogP contribution in [0.1, 0.15) is 34.2 Å². The van der Waals surface area contributed by atoms with Crippen molar-refractivity contribution in [2.24, 2.45) is 0 Å². The number of imide groups is 1. The predicted molar refractivity (Wildman–Crippen MR) is 127 cm³/mol. The molecule has 4 rings (SSSR count). The van der Waals surface area contributed by atoms with Gasteiger partial charge in [0.1, 0.15) is 0 Å². The molecule has 1 atom stereocenters. The van der Waals surface area contributed by atoms with Crippen LogP contribution in [0, 0.1) is 34.6 Å². The molecule has 0 bridgehead atoms. The molecule has 1 N–H and O–H groups in total. The van der Waals surface area contributed by atoms with Crippen LogP contribution >= 0.6 is 0 Å². The van der Waals surface area contributed by atoms with Gasteiger partial charge in [0, 0.05) is 0 Å². The Labute approximate surface area is 196 Å².